The van der Waals surface area contributed by atoms with E-state index in [1.54, 1.807) is 25.7 Å². The topological polar surface area (TPSA) is 100 Å². The molecule has 0 aliphatic carbocycles. The quantitative estimate of drug-likeness (QED) is 0.704. The Bertz CT molecular complexity index is 612. The fourth-order valence-electron chi connectivity index (χ4n) is 2.37. The Hall–Kier alpha value is -2.32. The molecule has 1 saturated heterocycles. The van der Waals surface area contributed by atoms with Crippen molar-refractivity contribution in [3.63, 3.8) is 0 Å². The highest BCUT2D eigenvalue weighted by atomic mass is 16.6. The highest BCUT2D eigenvalue weighted by Crippen LogP contribution is 2.19. The lowest BCUT2D eigenvalue weighted by atomic mass is 10.2. The van der Waals surface area contributed by atoms with Crippen LogP contribution in [0.4, 0.5) is 16.2 Å². The third kappa shape index (κ3) is 6.53. The lowest BCUT2D eigenvalue weighted by molar-refractivity contribution is -0.125. The van der Waals surface area contributed by atoms with E-state index in [1.165, 1.54) is 0 Å². The van der Waals surface area contributed by atoms with Crippen molar-refractivity contribution in [2.45, 2.75) is 32.5 Å². The summed E-state index contributed by atoms with van der Waals surface area (Å²) < 4.78 is 10.2. The maximum Gasteiger partial charge on any atom is 0.407 e. The Balaban J connectivity index is 1.75. The van der Waals surface area contributed by atoms with Crippen molar-refractivity contribution in [1.29, 1.82) is 0 Å². The first kappa shape index (κ1) is 20.0. The van der Waals surface area contributed by atoms with Gasteiger partial charge in [0.1, 0.15) is 12.2 Å². The molecular weight excluding hydrogens is 338 g/mol. The molecule has 0 saturated carbocycles. The number of amides is 2. The maximum atomic E-state index is 11.8. The molecule has 144 valence electrons. The van der Waals surface area contributed by atoms with Gasteiger partial charge in [-0.1, -0.05) is 0 Å². The Morgan fingerprint density at radius 1 is 1.31 bits per heavy atom. The number of alkyl carbamates (subject to hydrolysis) is 1. The van der Waals surface area contributed by atoms with Gasteiger partial charge >= 0.3 is 6.09 Å². The number of carbonyl (C=O) groups is 2. The van der Waals surface area contributed by atoms with Gasteiger partial charge in [-0.15, -0.1) is 0 Å². The summed E-state index contributed by atoms with van der Waals surface area (Å²) in [7, 11) is 0. The van der Waals surface area contributed by atoms with Gasteiger partial charge in [-0.3, -0.25) is 4.79 Å². The molecular formula is C18H27N3O5. The first-order valence-corrected chi connectivity index (χ1v) is 8.61. The summed E-state index contributed by atoms with van der Waals surface area (Å²) in [6, 6.07) is 7.37. The second-order valence-corrected chi connectivity index (χ2v) is 7.06. The molecule has 0 spiro atoms. The number of ether oxygens (including phenoxy) is 2. The standard InChI is InChI=1S/C18H27N3O5/c1-18(2,3)26-17(24)20-11-15(22)10-19-13-4-6-14(7-5-13)21-8-9-25-12-16(21)23/h4-7,15,19,22H,8-12H2,1-3H3,(H,20,24). The van der Waals surface area contributed by atoms with Crippen molar-refractivity contribution >= 4 is 23.4 Å². The number of benzene rings is 1. The van der Waals surface area contributed by atoms with Crippen LogP contribution in [0.25, 0.3) is 0 Å². The first-order chi connectivity index (χ1) is 12.2. The van der Waals surface area contributed by atoms with Crippen LogP contribution in [0, 0.1) is 0 Å². The molecule has 26 heavy (non-hydrogen) atoms. The van der Waals surface area contributed by atoms with Crippen LogP contribution in [0.1, 0.15) is 20.8 Å². The van der Waals surface area contributed by atoms with Crippen LogP contribution in [0.3, 0.4) is 0 Å². The normalized spacial score (nSPS) is 16.2. The third-order valence-electron chi connectivity index (χ3n) is 3.59. The van der Waals surface area contributed by atoms with Gasteiger partial charge in [0.25, 0.3) is 5.91 Å². The molecule has 1 unspecified atom stereocenters. The maximum absolute atomic E-state index is 11.8. The molecule has 8 heteroatoms. The summed E-state index contributed by atoms with van der Waals surface area (Å²) in [6.45, 7) is 6.87. The fraction of sp³-hybridized carbons (Fsp3) is 0.556. The molecule has 2 amide bonds. The average molecular weight is 365 g/mol. The van der Waals surface area contributed by atoms with E-state index in [4.69, 9.17) is 9.47 Å². The second kappa shape index (κ2) is 8.86. The second-order valence-electron chi connectivity index (χ2n) is 7.06. The number of aliphatic hydroxyl groups excluding tert-OH is 1. The van der Waals surface area contributed by atoms with Crippen molar-refractivity contribution in [1.82, 2.24) is 5.32 Å². The van der Waals surface area contributed by atoms with Crippen molar-refractivity contribution in [3.8, 4) is 0 Å². The van der Waals surface area contributed by atoms with Gasteiger partial charge in [0, 0.05) is 31.0 Å². The molecule has 2 rings (SSSR count). The zero-order valence-corrected chi connectivity index (χ0v) is 15.4. The summed E-state index contributed by atoms with van der Waals surface area (Å²) in [5.41, 5.74) is 1.05. The third-order valence-corrected chi connectivity index (χ3v) is 3.59. The minimum Gasteiger partial charge on any atom is -0.444 e. The molecule has 1 atom stereocenters. The molecule has 8 nitrogen and oxygen atoms in total. The zero-order valence-electron chi connectivity index (χ0n) is 15.4. The van der Waals surface area contributed by atoms with Gasteiger partial charge in [-0.25, -0.2) is 4.79 Å². The van der Waals surface area contributed by atoms with Gasteiger partial charge in [0.15, 0.2) is 0 Å². The Morgan fingerprint density at radius 2 is 2.00 bits per heavy atom. The zero-order chi connectivity index (χ0) is 19.2. The van der Waals surface area contributed by atoms with E-state index in [2.05, 4.69) is 10.6 Å². The van der Waals surface area contributed by atoms with Crippen LogP contribution < -0.4 is 15.5 Å². The highest BCUT2D eigenvalue weighted by Gasteiger charge is 2.20. The van der Waals surface area contributed by atoms with E-state index >= 15 is 0 Å². The van der Waals surface area contributed by atoms with Crippen molar-refractivity contribution < 1.29 is 24.2 Å². The molecule has 0 bridgehead atoms. The van der Waals surface area contributed by atoms with E-state index < -0.39 is 17.8 Å². The van der Waals surface area contributed by atoms with E-state index in [9.17, 15) is 14.7 Å². The summed E-state index contributed by atoms with van der Waals surface area (Å²) in [5, 5.41) is 15.6. The van der Waals surface area contributed by atoms with Crippen molar-refractivity contribution in [3.05, 3.63) is 24.3 Å². The van der Waals surface area contributed by atoms with Crippen LogP contribution in [-0.2, 0) is 14.3 Å². The highest BCUT2D eigenvalue weighted by molar-refractivity contribution is 5.95. The number of nitrogens with zero attached hydrogens (tertiary/aromatic N) is 1. The monoisotopic (exact) mass is 365 g/mol. The van der Waals surface area contributed by atoms with Crippen LogP contribution in [0.5, 0.6) is 0 Å². The smallest absolute Gasteiger partial charge is 0.407 e. The van der Waals surface area contributed by atoms with E-state index in [-0.39, 0.29) is 25.6 Å². The molecule has 1 aromatic rings. The predicted molar refractivity (Wildman–Crippen MR) is 98.3 cm³/mol. The summed E-state index contributed by atoms with van der Waals surface area (Å²) in [4.78, 5) is 25.0. The Labute approximate surface area is 153 Å². The largest absolute Gasteiger partial charge is 0.444 e. The summed E-state index contributed by atoms with van der Waals surface area (Å²) in [5.74, 6) is -0.0550. The van der Waals surface area contributed by atoms with E-state index in [0.717, 1.165) is 11.4 Å². The van der Waals surface area contributed by atoms with E-state index in [1.807, 2.05) is 24.3 Å². The van der Waals surface area contributed by atoms with Gasteiger partial charge in [-0.05, 0) is 45.0 Å². The number of rotatable bonds is 6. The van der Waals surface area contributed by atoms with Crippen molar-refractivity contribution in [2.75, 3.05) is 43.1 Å². The van der Waals surface area contributed by atoms with Gasteiger partial charge < -0.3 is 30.1 Å². The lowest BCUT2D eigenvalue weighted by Gasteiger charge is -2.27. The molecule has 0 radical (unpaired) electrons. The SMILES string of the molecule is CC(C)(C)OC(=O)NCC(O)CNc1ccc(N2CCOCC2=O)cc1. The summed E-state index contributed by atoms with van der Waals surface area (Å²) >= 11 is 0. The molecule has 1 aromatic carbocycles. The van der Waals surface area contributed by atoms with Gasteiger partial charge in [-0.2, -0.15) is 0 Å². The van der Waals surface area contributed by atoms with Gasteiger partial charge in [0.05, 0.1) is 12.7 Å². The number of nitrogens with one attached hydrogen (secondary N) is 2. The van der Waals surface area contributed by atoms with Crippen LogP contribution in [0.2, 0.25) is 0 Å². The van der Waals surface area contributed by atoms with Gasteiger partial charge in [0.2, 0.25) is 0 Å². The van der Waals surface area contributed by atoms with Crippen LogP contribution in [0.15, 0.2) is 24.3 Å². The predicted octanol–water partition coefficient (Wildman–Crippen LogP) is 1.35. The molecule has 1 aliphatic heterocycles. The Morgan fingerprint density at radius 3 is 2.62 bits per heavy atom. The molecule has 0 aromatic heterocycles. The number of morpholine rings is 1. The minimum absolute atomic E-state index is 0.0550. The molecule has 1 heterocycles. The fourth-order valence-corrected chi connectivity index (χ4v) is 2.37. The molecule has 3 N–H and O–H groups in total. The molecule has 1 fully saturated rings. The summed E-state index contributed by atoms with van der Waals surface area (Å²) in [6.07, 6.45) is -1.32. The molecule has 1 aliphatic rings. The average Bonchev–Trinajstić information content (AvgIpc) is 2.58. The number of aliphatic hydroxyl groups is 1. The van der Waals surface area contributed by atoms with Crippen molar-refractivity contribution in [2.24, 2.45) is 0 Å². The Kier molecular flexibility index (Phi) is 6.82. The van der Waals surface area contributed by atoms with Crippen LogP contribution >= 0.6 is 0 Å². The number of carbonyl (C=O) groups excluding carboxylic acids is 2. The number of hydrogen-bond donors (Lipinski definition) is 3. The number of hydrogen-bond acceptors (Lipinski definition) is 6. The van der Waals surface area contributed by atoms with Crippen LogP contribution in [-0.4, -0.2) is 61.7 Å². The lowest BCUT2D eigenvalue weighted by Crippen LogP contribution is -2.41. The first-order valence-electron chi connectivity index (χ1n) is 8.61. The van der Waals surface area contributed by atoms with E-state index in [0.29, 0.717) is 13.2 Å². The minimum atomic E-state index is -0.761. The number of anilines is 2.